The van der Waals surface area contributed by atoms with E-state index in [1.807, 2.05) is 4.90 Å². The molecule has 0 unspecified atom stereocenters. The summed E-state index contributed by atoms with van der Waals surface area (Å²) in [7, 11) is -3.27. The highest BCUT2D eigenvalue weighted by atomic mass is 32.2. The fraction of sp³-hybridized carbons (Fsp3) is 0.500. The molecule has 1 atom stereocenters. The van der Waals surface area contributed by atoms with Crippen LogP contribution in [0.1, 0.15) is 13.3 Å². The third kappa shape index (κ3) is 2.44. The number of anilines is 2. The van der Waals surface area contributed by atoms with Gasteiger partial charge in [0.2, 0.25) is 0 Å². The van der Waals surface area contributed by atoms with Crippen LogP contribution < -0.4 is 10.6 Å². The lowest BCUT2D eigenvalue weighted by Crippen LogP contribution is -2.21. The van der Waals surface area contributed by atoms with Gasteiger partial charge in [-0.15, -0.1) is 0 Å². The lowest BCUT2D eigenvalue weighted by atomic mass is 10.2. The minimum Gasteiger partial charge on any atom is -0.398 e. The predicted molar refractivity (Wildman–Crippen MR) is 71.4 cm³/mol. The lowest BCUT2D eigenvalue weighted by Gasteiger charge is -2.19. The van der Waals surface area contributed by atoms with Crippen LogP contribution in [0.2, 0.25) is 0 Å². The highest BCUT2D eigenvalue weighted by Crippen LogP contribution is 2.27. The normalized spacial score (nSPS) is 20.3. The molecule has 1 fully saturated rings. The molecule has 0 aliphatic carbocycles. The maximum Gasteiger partial charge on any atom is 0.180 e. The van der Waals surface area contributed by atoms with Gasteiger partial charge in [0.05, 0.1) is 22.4 Å². The number of aliphatic hydroxyl groups excluding tert-OH is 1. The molecular weight excluding hydrogens is 252 g/mol. The largest absolute Gasteiger partial charge is 0.398 e. The Kier molecular flexibility index (Phi) is 3.49. The Morgan fingerprint density at radius 1 is 1.50 bits per heavy atom. The van der Waals surface area contributed by atoms with Crippen LogP contribution in [0.25, 0.3) is 0 Å². The zero-order chi connectivity index (χ0) is 13.3. The zero-order valence-corrected chi connectivity index (χ0v) is 11.2. The van der Waals surface area contributed by atoms with Gasteiger partial charge in [-0.1, -0.05) is 6.92 Å². The molecule has 100 valence electrons. The van der Waals surface area contributed by atoms with Crippen LogP contribution >= 0.6 is 0 Å². The second-order valence-corrected chi connectivity index (χ2v) is 6.76. The maximum atomic E-state index is 11.8. The average molecular weight is 270 g/mol. The predicted octanol–water partition coefficient (Wildman–Crippen LogP) is 0.633. The highest BCUT2D eigenvalue weighted by molar-refractivity contribution is 7.91. The standard InChI is InChI=1S/C12H18N2O3S/c1-2-18(16,17)12-4-3-9(7-11(12)13)14-6-5-10(15)8-14/h3-4,7,10,15H,2,5-6,8,13H2,1H3/t10-/m0/s1. The smallest absolute Gasteiger partial charge is 0.180 e. The van der Waals surface area contributed by atoms with Gasteiger partial charge in [-0.2, -0.15) is 0 Å². The van der Waals surface area contributed by atoms with Gasteiger partial charge in [-0.25, -0.2) is 8.42 Å². The summed E-state index contributed by atoms with van der Waals surface area (Å²) in [6.45, 7) is 2.93. The summed E-state index contributed by atoms with van der Waals surface area (Å²) >= 11 is 0. The third-order valence-corrected chi connectivity index (χ3v) is 5.04. The van der Waals surface area contributed by atoms with E-state index in [-0.39, 0.29) is 22.4 Å². The Balaban J connectivity index is 2.31. The number of aliphatic hydroxyl groups is 1. The van der Waals surface area contributed by atoms with Crippen molar-refractivity contribution >= 4 is 21.2 Å². The number of sulfone groups is 1. The molecule has 0 radical (unpaired) electrons. The lowest BCUT2D eigenvalue weighted by molar-refractivity contribution is 0.198. The Bertz CT molecular complexity index is 542. The first-order chi connectivity index (χ1) is 8.44. The molecule has 0 saturated carbocycles. The molecule has 2 rings (SSSR count). The molecule has 6 heteroatoms. The van der Waals surface area contributed by atoms with Crippen molar-refractivity contribution in [3.05, 3.63) is 18.2 Å². The number of nitrogens with two attached hydrogens (primary N) is 1. The first kappa shape index (κ1) is 13.2. The molecule has 1 aromatic carbocycles. The molecule has 0 bridgehead atoms. The van der Waals surface area contributed by atoms with Crippen molar-refractivity contribution in [1.82, 2.24) is 0 Å². The quantitative estimate of drug-likeness (QED) is 0.787. The van der Waals surface area contributed by atoms with E-state index in [0.29, 0.717) is 6.54 Å². The van der Waals surface area contributed by atoms with Crippen molar-refractivity contribution in [3.63, 3.8) is 0 Å². The fourth-order valence-corrected chi connectivity index (χ4v) is 3.15. The van der Waals surface area contributed by atoms with Gasteiger partial charge in [0, 0.05) is 18.8 Å². The summed E-state index contributed by atoms with van der Waals surface area (Å²) in [4.78, 5) is 2.19. The van der Waals surface area contributed by atoms with Crippen LogP contribution in [0.3, 0.4) is 0 Å². The molecule has 3 N–H and O–H groups in total. The first-order valence-corrected chi connectivity index (χ1v) is 7.64. The van der Waals surface area contributed by atoms with Crippen LogP contribution in [0.4, 0.5) is 11.4 Å². The highest BCUT2D eigenvalue weighted by Gasteiger charge is 2.22. The first-order valence-electron chi connectivity index (χ1n) is 5.99. The van der Waals surface area contributed by atoms with Gasteiger partial charge in [0.1, 0.15) is 0 Å². The number of hydrogen-bond donors (Lipinski definition) is 2. The maximum absolute atomic E-state index is 11.8. The van der Waals surface area contributed by atoms with E-state index in [9.17, 15) is 13.5 Å². The van der Waals surface area contributed by atoms with Crippen LogP contribution in [0.5, 0.6) is 0 Å². The molecule has 0 spiro atoms. The Hall–Kier alpha value is -1.27. The van der Waals surface area contributed by atoms with Crippen molar-refractivity contribution in [2.45, 2.75) is 24.3 Å². The topological polar surface area (TPSA) is 83.6 Å². The monoisotopic (exact) mass is 270 g/mol. The van der Waals surface area contributed by atoms with Crippen molar-refractivity contribution in [1.29, 1.82) is 0 Å². The number of rotatable bonds is 3. The van der Waals surface area contributed by atoms with Crippen molar-refractivity contribution in [2.75, 3.05) is 29.5 Å². The zero-order valence-electron chi connectivity index (χ0n) is 10.3. The van der Waals surface area contributed by atoms with Gasteiger partial charge in [0.15, 0.2) is 9.84 Å². The second-order valence-electron chi connectivity index (χ2n) is 4.51. The summed E-state index contributed by atoms with van der Waals surface area (Å²) in [5.41, 5.74) is 6.95. The van der Waals surface area contributed by atoms with E-state index in [2.05, 4.69) is 0 Å². The van der Waals surface area contributed by atoms with E-state index < -0.39 is 9.84 Å². The molecule has 18 heavy (non-hydrogen) atoms. The summed E-state index contributed by atoms with van der Waals surface area (Å²) < 4.78 is 23.5. The number of nitrogens with zero attached hydrogens (tertiary/aromatic N) is 1. The Morgan fingerprint density at radius 3 is 2.72 bits per heavy atom. The van der Waals surface area contributed by atoms with Crippen molar-refractivity contribution < 1.29 is 13.5 Å². The molecular formula is C12H18N2O3S. The number of benzene rings is 1. The van der Waals surface area contributed by atoms with Crippen molar-refractivity contribution in [3.8, 4) is 0 Å². The third-order valence-electron chi connectivity index (χ3n) is 3.24. The molecule has 1 aliphatic heterocycles. The van der Waals surface area contributed by atoms with E-state index in [0.717, 1.165) is 18.7 Å². The van der Waals surface area contributed by atoms with Gasteiger partial charge in [0.25, 0.3) is 0 Å². The van der Waals surface area contributed by atoms with E-state index in [1.165, 1.54) is 0 Å². The van der Waals surface area contributed by atoms with Gasteiger partial charge >= 0.3 is 0 Å². The van der Waals surface area contributed by atoms with Crippen LogP contribution in [0.15, 0.2) is 23.1 Å². The molecule has 1 saturated heterocycles. The van der Waals surface area contributed by atoms with E-state index in [4.69, 9.17) is 5.73 Å². The minimum absolute atomic E-state index is 0.0406. The SMILES string of the molecule is CCS(=O)(=O)c1ccc(N2CC[C@H](O)C2)cc1N. The number of β-amino-alcohol motifs (C(OH)–C–C–N with tert-alkyl or cyclic N) is 1. The Morgan fingerprint density at radius 2 is 2.22 bits per heavy atom. The van der Waals surface area contributed by atoms with Crippen LogP contribution in [-0.2, 0) is 9.84 Å². The Labute approximate surface area is 107 Å². The second kappa shape index (κ2) is 4.78. The fourth-order valence-electron chi connectivity index (χ4n) is 2.15. The van der Waals surface area contributed by atoms with Gasteiger partial charge in [-0.05, 0) is 24.6 Å². The van der Waals surface area contributed by atoms with Crippen LogP contribution in [-0.4, -0.2) is 38.5 Å². The molecule has 0 amide bonds. The summed E-state index contributed by atoms with van der Waals surface area (Å²) in [5, 5.41) is 9.48. The van der Waals surface area contributed by atoms with Gasteiger partial charge < -0.3 is 15.7 Å². The molecule has 0 aromatic heterocycles. The van der Waals surface area contributed by atoms with Crippen molar-refractivity contribution in [2.24, 2.45) is 0 Å². The number of nitrogen functional groups attached to an aromatic ring is 1. The van der Waals surface area contributed by atoms with E-state index >= 15 is 0 Å². The summed E-state index contributed by atoms with van der Waals surface area (Å²) in [5.74, 6) is 0.0406. The number of hydrogen-bond acceptors (Lipinski definition) is 5. The molecule has 5 nitrogen and oxygen atoms in total. The summed E-state index contributed by atoms with van der Waals surface area (Å²) in [6, 6.07) is 4.96. The molecule has 1 aromatic rings. The average Bonchev–Trinajstić information content (AvgIpc) is 2.75. The van der Waals surface area contributed by atoms with E-state index in [1.54, 1.807) is 25.1 Å². The molecule has 1 aliphatic rings. The minimum atomic E-state index is -3.27. The summed E-state index contributed by atoms with van der Waals surface area (Å²) in [6.07, 6.45) is 0.417. The molecule has 1 heterocycles. The van der Waals surface area contributed by atoms with Crippen LogP contribution in [0, 0.1) is 0 Å². The van der Waals surface area contributed by atoms with Gasteiger partial charge in [-0.3, -0.25) is 0 Å².